The van der Waals surface area contributed by atoms with Gasteiger partial charge < -0.3 is 5.32 Å². The molecule has 0 radical (unpaired) electrons. The molecule has 0 fully saturated rings. The SMILES string of the molecule is CNc1cccnc1S(=O)(=O)NCc1nccs1. The van der Waals surface area contributed by atoms with Crippen LogP contribution in [0.1, 0.15) is 5.01 Å². The fraction of sp³-hybridized carbons (Fsp3) is 0.200. The second-order valence-corrected chi connectivity index (χ2v) is 6.02. The van der Waals surface area contributed by atoms with Gasteiger partial charge in [0.2, 0.25) is 0 Å². The molecule has 2 rings (SSSR count). The van der Waals surface area contributed by atoms with Gasteiger partial charge in [0.05, 0.1) is 12.2 Å². The molecule has 8 heteroatoms. The van der Waals surface area contributed by atoms with Gasteiger partial charge in [0, 0.05) is 24.8 Å². The van der Waals surface area contributed by atoms with E-state index in [9.17, 15) is 8.42 Å². The molecule has 0 atom stereocenters. The highest BCUT2D eigenvalue weighted by Crippen LogP contribution is 2.17. The Labute approximate surface area is 109 Å². The van der Waals surface area contributed by atoms with Crippen LogP contribution in [-0.2, 0) is 16.6 Å². The zero-order valence-electron chi connectivity index (χ0n) is 9.62. The number of hydrogen-bond donors (Lipinski definition) is 2. The molecule has 2 aromatic heterocycles. The Morgan fingerprint density at radius 1 is 1.33 bits per heavy atom. The molecule has 0 aromatic carbocycles. The van der Waals surface area contributed by atoms with Gasteiger partial charge in [-0.25, -0.2) is 23.1 Å². The molecule has 0 bridgehead atoms. The van der Waals surface area contributed by atoms with Crippen molar-refractivity contribution in [2.24, 2.45) is 0 Å². The summed E-state index contributed by atoms with van der Waals surface area (Å²) in [5.41, 5.74) is 0.462. The Morgan fingerprint density at radius 3 is 2.83 bits per heavy atom. The number of pyridine rings is 1. The Morgan fingerprint density at radius 2 is 2.17 bits per heavy atom. The first kappa shape index (κ1) is 12.9. The highest BCUT2D eigenvalue weighted by Gasteiger charge is 2.19. The molecule has 0 spiro atoms. The second-order valence-electron chi connectivity index (χ2n) is 3.36. The van der Waals surface area contributed by atoms with Gasteiger partial charge >= 0.3 is 0 Å². The van der Waals surface area contributed by atoms with E-state index in [1.807, 2.05) is 0 Å². The van der Waals surface area contributed by atoms with E-state index in [1.165, 1.54) is 17.5 Å². The standard InChI is InChI=1S/C10H12N4O2S2/c1-11-8-3-2-4-13-10(8)18(15,16)14-7-9-12-5-6-17-9/h2-6,11,14H,7H2,1H3. The third-order valence-electron chi connectivity index (χ3n) is 2.19. The van der Waals surface area contributed by atoms with Crippen LogP contribution in [0.2, 0.25) is 0 Å². The van der Waals surface area contributed by atoms with Crippen LogP contribution >= 0.6 is 11.3 Å². The maximum atomic E-state index is 12.1. The van der Waals surface area contributed by atoms with Crippen molar-refractivity contribution in [3.8, 4) is 0 Å². The molecule has 0 amide bonds. The molecule has 0 aliphatic heterocycles. The van der Waals surface area contributed by atoms with E-state index in [0.717, 1.165) is 0 Å². The summed E-state index contributed by atoms with van der Waals surface area (Å²) >= 11 is 1.39. The molecule has 0 aliphatic rings. The molecular weight excluding hydrogens is 272 g/mol. The summed E-state index contributed by atoms with van der Waals surface area (Å²) in [6.07, 6.45) is 3.08. The summed E-state index contributed by atoms with van der Waals surface area (Å²) in [5.74, 6) is 0. The fourth-order valence-corrected chi connectivity index (χ4v) is 3.13. The van der Waals surface area contributed by atoms with Crippen molar-refractivity contribution in [3.63, 3.8) is 0 Å². The van der Waals surface area contributed by atoms with Gasteiger partial charge in [-0.15, -0.1) is 11.3 Å². The quantitative estimate of drug-likeness (QED) is 0.857. The number of nitrogens with zero attached hydrogens (tertiary/aromatic N) is 2. The number of anilines is 1. The predicted molar refractivity (Wildman–Crippen MR) is 69.9 cm³/mol. The van der Waals surface area contributed by atoms with Gasteiger partial charge in [-0.1, -0.05) is 0 Å². The van der Waals surface area contributed by atoms with E-state index in [-0.39, 0.29) is 11.6 Å². The van der Waals surface area contributed by atoms with Gasteiger partial charge in [-0.3, -0.25) is 0 Å². The second kappa shape index (κ2) is 5.42. The Balaban J connectivity index is 2.20. The normalized spacial score (nSPS) is 11.4. The lowest BCUT2D eigenvalue weighted by Gasteiger charge is -2.08. The van der Waals surface area contributed by atoms with Gasteiger partial charge in [-0.05, 0) is 12.1 Å². The predicted octanol–water partition coefficient (Wildman–Crippen LogP) is 1.06. The van der Waals surface area contributed by atoms with Crippen molar-refractivity contribution in [2.75, 3.05) is 12.4 Å². The minimum atomic E-state index is -3.64. The smallest absolute Gasteiger partial charge is 0.260 e. The summed E-state index contributed by atoms with van der Waals surface area (Å²) < 4.78 is 26.6. The summed E-state index contributed by atoms with van der Waals surface area (Å²) in [7, 11) is -1.99. The van der Waals surface area contributed by atoms with E-state index in [1.54, 1.807) is 30.8 Å². The molecule has 6 nitrogen and oxygen atoms in total. The minimum absolute atomic E-state index is 0.0101. The summed E-state index contributed by atoms with van der Waals surface area (Å²) in [5, 5.41) is 5.29. The summed E-state index contributed by atoms with van der Waals surface area (Å²) in [6.45, 7) is 0.166. The number of hydrogen-bond acceptors (Lipinski definition) is 6. The largest absolute Gasteiger partial charge is 0.386 e. The van der Waals surface area contributed by atoms with Crippen LogP contribution in [-0.4, -0.2) is 25.4 Å². The van der Waals surface area contributed by atoms with Gasteiger partial charge in [0.1, 0.15) is 5.01 Å². The van der Waals surface area contributed by atoms with Crippen molar-refractivity contribution >= 4 is 27.0 Å². The lowest BCUT2D eigenvalue weighted by atomic mass is 10.4. The van der Waals surface area contributed by atoms with E-state index < -0.39 is 10.0 Å². The average molecular weight is 284 g/mol. The lowest BCUT2D eigenvalue weighted by molar-refractivity contribution is 0.577. The van der Waals surface area contributed by atoms with E-state index in [4.69, 9.17) is 0 Å². The first-order chi connectivity index (χ1) is 8.63. The summed E-state index contributed by atoms with van der Waals surface area (Å²) in [6, 6.07) is 3.33. The molecule has 2 aromatic rings. The van der Waals surface area contributed by atoms with Crippen molar-refractivity contribution in [1.29, 1.82) is 0 Å². The first-order valence-corrected chi connectivity index (χ1v) is 7.50. The van der Waals surface area contributed by atoms with Gasteiger partial charge in [-0.2, -0.15) is 0 Å². The number of rotatable bonds is 5. The molecule has 2 N–H and O–H groups in total. The molecule has 2 heterocycles. The van der Waals surface area contributed by atoms with Crippen molar-refractivity contribution in [2.45, 2.75) is 11.6 Å². The van der Waals surface area contributed by atoms with Crippen molar-refractivity contribution in [3.05, 3.63) is 34.9 Å². The third kappa shape index (κ3) is 2.84. The lowest BCUT2D eigenvalue weighted by Crippen LogP contribution is -2.25. The number of thiazole rings is 1. The number of aromatic nitrogens is 2. The van der Waals surface area contributed by atoms with Crippen LogP contribution in [0.3, 0.4) is 0 Å². The van der Waals surface area contributed by atoms with Crippen LogP contribution < -0.4 is 10.0 Å². The van der Waals surface area contributed by atoms with Crippen LogP contribution in [0, 0.1) is 0 Å². The van der Waals surface area contributed by atoms with Gasteiger partial charge in [0.25, 0.3) is 10.0 Å². The Hall–Kier alpha value is -1.51. The van der Waals surface area contributed by atoms with Crippen LogP contribution in [0.25, 0.3) is 0 Å². The average Bonchev–Trinajstić information content (AvgIpc) is 2.89. The van der Waals surface area contributed by atoms with E-state index in [2.05, 4.69) is 20.0 Å². The minimum Gasteiger partial charge on any atom is -0.386 e. The van der Waals surface area contributed by atoms with Crippen LogP contribution in [0.5, 0.6) is 0 Å². The molecule has 0 unspecified atom stereocenters. The highest BCUT2D eigenvalue weighted by molar-refractivity contribution is 7.89. The Bertz CT molecular complexity index is 611. The maximum Gasteiger partial charge on any atom is 0.260 e. The molecule has 0 saturated heterocycles. The van der Waals surface area contributed by atoms with E-state index in [0.29, 0.717) is 10.7 Å². The zero-order chi connectivity index (χ0) is 13.0. The molecular formula is C10H12N4O2S2. The monoisotopic (exact) mass is 284 g/mol. The Kier molecular flexibility index (Phi) is 3.90. The topological polar surface area (TPSA) is 84.0 Å². The number of sulfonamides is 1. The summed E-state index contributed by atoms with van der Waals surface area (Å²) in [4.78, 5) is 7.90. The molecule has 96 valence electrons. The first-order valence-electron chi connectivity index (χ1n) is 5.14. The maximum absolute atomic E-state index is 12.1. The highest BCUT2D eigenvalue weighted by atomic mass is 32.2. The molecule has 0 aliphatic carbocycles. The van der Waals surface area contributed by atoms with Crippen molar-refractivity contribution in [1.82, 2.24) is 14.7 Å². The zero-order valence-corrected chi connectivity index (χ0v) is 11.3. The van der Waals surface area contributed by atoms with E-state index >= 15 is 0 Å². The number of nitrogens with one attached hydrogen (secondary N) is 2. The van der Waals surface area contributed by atoms with Crippen LogP contribution in [0.4, 0.5) is 5.69 Å². The third-order valence-corrected chi connectivity index (χ3v) is 4.33. The van der Waals surface area contributed by atoms with Crippen molar-refractivity contribution < 1.29 is 8.42 Å². The molecule has 0 saturated carbocycles. The van der Waals surface area contributed by atoms with Crippen LogP contribution in [0.15, 0.2) is 34.9 Å². The molecule has 18 heavy (non-hydrogen) atoms. The fourth-order valence-electron chi connectivity index (χ4n) is 1.36. The van der Waals surface area contributed by atoms with Gasteiger partial charge in [0.15, 0.2) is 5.03 Å².